The first-order valence-corrected chi connectivity index (χ1v) is 9.84. The fourth-order valence-corrected chi connectivity index (χ4v) is 4.41. The van der Waals surface area contributed by atoms with Crippen molar-refractivity contribution in [2.24, 2.45) is 0 Å². The molecule has 5 nitrogen and oxygen atoms in total. The summed E-state index contributed by atoms with van der Waals surface area (Å²) in [5.74, 6) is 0. The zero-order chi connectivity index (χ0) is 18.1. The molecule has 2 saturated heterocycles. The van der Waals surface area contributed by atoms with Crippen LogP contribution >= 0.6 is 11.6 Å². The fraction of sp³-hybridized carbons (Fsp3) is 0.550. The zero-order valence-electron chi connectivity index (χ0n) is 14.9. The van der Waals surface area contributed by atoms with Gasteiger partial charge in [-0.15, -0.1) is 0 Å². The van der Waals surface area contributed by atoms with Crippen molar-refractivity contribution in [1.82, 2.24) is 14.8 Å². The lowest BCUT2D eigenvalue weighted by atomic mass is 9.96. The highest BCUT2D eigenvalue weighted by Crippen LogP contribution is 2.23. The first-order chi connectivity index (χ1) is 12.6. The van der Waals surface area contributed by atoms with Crippen LogP contribution in [0.4, 0.5) is 0 Å². The highest BCUT2D eigenvalue weighted by Gasteiger charge is 2.33. The molecule has 2 aliphatic heterocycles. The smallest absolute Gasteiger partial charge is 0.0822 e. The molecule has 1 aromatic carbocycles. The number of halogens is 1. The van der Waals surface area contributed by atoms with Crippen LogP contribution < -0.4 is 0 Å². The summed E-state index contributed by atoms with van der Waals surface area (Å²) >= 11 is 6.03. The van der Waals surface area contributed by atoms with Gasteiger partial charge in [-0.1, -0.05) is 17.7 Å². The lowest BCUT2D eigenvalue weighted by Gasteiger charge is -2.43. The van der Waals surface area contributed by atoms with Gasteiger partial charge in [-0.2, -0.15) is 0 Å². The van der Waals surface area contributed by atoms with E-state index in [0.717, 1.165) is 67.1 Å². The highest BCUT2D eigenvalue weighted by molar-refractivity contribution is 6.31. The van der Waals surface area contributed by atoms with Crippen LogP contribution in [0.5, 0.6) is 0 Å². The molecule has 2 aromatic rings. The summed E-state index contributed by atoms with van der Waals surface area (Å²) in [5, 5.41) is 22.1. The van der Waals surface area contributed by atoms with Gasteiger partial charge in [-0.05, 0) is 43.5 Å². The summed E-state index contributed by atoms with van der Waals surface area (Å²) < 4.78 is 0. The molecule has 140 valence electrons. The van der Waals surface area contributed by atoms with E-state index < -0.39 is 0 Å². The van der Waals surface area contributed by atoms with Crippen LogP contribution in [0.3, 0.4) is 0 Å². The van der Waals surface area contributed by atoms with Gasteiger partial charge in [0, 0.05) is 49.2 Å². The van der Waals surface area contributed by atoms with Crippen LogP contribution in [-0.2, 0) is 6.54 Å². The number of benzene rings is 1. The summed E-state index contributed by atoms with van der Waals surface area (Å²) in [7, 11) is 0. The largest absolute Gasteiger partial charge is 0.393 e. The molecule has 6 heteroatoms. The van der Waals surface area contributed by atoms with E-state index in [0.29, 0.717) is 6.54 Å². The number of rotatable bonds is 3. The molecular weight excluding hydrogens is 350 g/mol. The van der Waals surface area contributed by atoms with E-state index in [-0.39, 0.29) is 18.2 Å². The number of β-amino-alcohol motifs (C(OH)–C–C–N with tert-alkyl or cyclic N) is 1. The zero-order valence-corrected chi connectivity index (χ0v) is 15.6. The number of aromatic nitrogens is 1. The third-order valence-corrected chi connectivity index (χ3v) is 5.93. The van der Waals surface area contributed by atoms with Crippen molar-refractivity contribution in [2.75, 3.05) is 26.2 Å². The molecule has 0 spiro atoms. The first kappa shape index (κ1) is 18.1. The van der Waals surface area contributed by atoms with Crippen LogP contribution in [0.15, 0.2) is 30.3 Å². The molecule has 3 heterocycles. The number of likely N-dealkylation sites (tertiary alicyclic amines) is 2. The van der Waals surface area contributed by atoms with Crippen LogP contribution in [0, 0.1) is 0 Å². The molecule has 2 atom stereocenters. The first-order valence-electron chi connectivity index (χ1n) is 9.46. The number of nitrogens with zero attached hydrogens (tertiary/aromatic N) is 3. The van der Waals surface area contributed by atoms with E-state index >= 15 is 0 Å². The van der Waals surface area contributed by atoms with Crippen LogP contribution in [0.25, 0.3) is 10.9 Å². The summed E-state index contributed by atoms with van der Waals surface area (Å²) in [6.07, 6.45) is 2.08. The third kappa shape index (κ3) is 4.02. The van der Waals surface area contributed by atoms with E-state index in [2.05, 4.69) is 15.9 Å². The maximum atomic E-state index is 10.7. The number of fused-ring (bicyclic) bond motifs is 1. The number of pyridine rings is 1. The topological polar surface area (TPSA) is 59.8 Å². The number of aliphatic hydroxyl groups excluding tert-OH is 2. The molecule has 0 unspecified atom stereocenters. The van der Waals surface area contributed by atoms with Gasteiger partial charge in [0.25, 0.3) is 0 Å². The summed E-state index contributed by atoms with van der Waals surface area (Å²) in [6.45, 7) is 4.15. The van der Waals surface area contributed by atoms with Crippen molar-refractivity contribution >= 4 is 22.5 Å². The van der Waals surface area contributed by atoms with Gasteiger partial charge in [0.2, 0.25) is 0 Å². The third-order valence-electron chi connectivity index (χ3n) is 5.69. The normalized spacial score (nSPS) is 26.4. The molecular formula is C20H26ClN3O2. The predicted octanol–water partition coefficient (Wildman–Crippen LogP) is 2.28. The molecule has 2 aliphatic rings. The number of piperidine rings is 2. The van der Waals surface area contributed by atoms with Crippen LogP contribution in [0.2, 0.25) is 5.02 Å². The van der Waals surface area contributed by atoms with Crippen molar-refractivity contribution < 1.29 is 10.2 Å². The van der Waals surface area contributed by atoms with Crippen LogP contribution in [-0.4, -0.2) is 69.4 Å². The minimum Gasteiger partial charge on any atom is -0.393 e. The van der Waals surface area contributed by atoms with E-state index in [1.165, 1.54) is 0 Å². The monoisotopic (exact) mass is 375 g/mol. The Labute approximate surface area is 159 Å². The molecule has 4 rings (SSSR count). The SMILES string of the molecule is OC1CCN([C@@H]2CCN(Cc3ccc4cc(Cl)ccc4n3)C[C@H]2O)CC1. The maximum Gasteiger partial charge on any atom is 0.0822 e. The van der Waals surface area contributed by atoms with Gasteiger partial charge in [-0.3, -0.25) is 14.8 Å². The Kier molecular flexibility index (Phi) is 5.43. The van der Waals surface area contributed by atoms with Crippen LogP contribution in [0.1, 0.15) is 25.0 Å². The Morgan fingerprint density at radius 3 is 2.62 bits per heavy atom. The Morgan fingerprint density at radius 2 is 1.85 bits per heavy atom. The molecule has 26 heavy (non-hydrogen) atoms. The highest BCUT2D eigenvalue weighted by atomic mass is 35.5. The summed E-state index contributed by atoms with van der Waals surface area (Å²) in [6, 6.07) is 10.1. The van der Waals surface area contributed by atoms with Gasteiger partial charge in [-0.25, -0.2) is 0 Å². The Bertz CT molecular complexity index is 764. The summed E-state index contributed by atoms with van der Waals surface area (Å²) in [5.41, 5.74) is 1.97. The second-order valence-corrected chi connectivity index (χ2v) is 8.00. The van der Waals surface area contributed by atoms with Gasteiger partial charge >= 0.3 is 0 Å². The minimum atomic E-state index is -0.349. The Balaban J connectivity index is 1.37. The van der Waals surface area contributed by atoms with Crippen molar-refractivity contribution in [2.45, 2.75) is 44.1 Å². The second-order valence-electron chi connectivity index (χ2n) is 7.57. The Hall–Kier alpha value is -1.24. The van der Waals surface area contributed by atoms with E-state index in [1.807, 2.05) is 24.3 Å². The van der Waals surface area contributed by atoms with E-state index in [4.69, 9.17) is 16.6 Å². The Morgan fingerprint density at radius 1 is 1.04 bits per heavy atom. The van der Waals surface area contributed by atoms with Gasteiger partial charge in [0.1, 0.15) is 0 Å². The van der Waals surface area contributed by atoms with Gasteiger partial charge < -0.3 is 10.2 Å². The lowest BCUT2D eigenvalue weighted by molar-refractivity contribution is -0.0357. The minimum absolute atomic E-state index is 0.169. The molecule has 0 aliphatic carbocycles. The van der Waals surface area contributed by atoms with Crippen molar-refractivity contribution in [1.29, 1.82) is 0 Å². The number of hydrogen-bond acceptors (Lipinski definition) is 5. The van der Waals surface area contributed by atoms with Crippen molar-refractivity contribution in [3.8, 4) is 0 Å². The molecule has 0 amide bonds. The second kappa shape index (κ2) is 7.79. The van der Waals surface area contributed by atoms with E-state index in [9.17, 15) is 10.2 Å². The molecule has 2 N–H and O–H groups in total. The van der Waals surface area contributed by atoms with Crippen molar-refractivity contribution in [3.63, 3.8) is 0 Å². The van der Waals surface area contributed by atoms with Crippen molar-refractivity contribution in [3.05, 3.63) is 41.0 Å². The summed E-state index contributed by atoms with van der Waals surface area (Å²) in [4.78, 5) is 9.37. The number of hydrogen-bond donors (Lipinski definition) is 2. The van der Waals surface area contributed by atoms with Gasteiger partial charge in [0.05, 0.1) is 23.4 Å². The molecule has 1 aromatic heterocycles. The van der Waals surface area contributed by atoms with E-state index in [1.54, 1.807) is 0 Å². The predicted molar refractivity (Wildman–Crippen MR) is 103 cm³/mol. The van der Waals surface area contributed by atoms with Gasteiger partial charge in [0.15, 0.2) is 0 Å². The molecule has 0 bridgehead atoms. The quantitative estimate of drug-likeness (QED) is 0.861. The maximum absolute atomic E-state index is 10.7. The molecule has 0 radical (unpaired) electrons. The molecule has 0 saturated carbocycles. The standard InChI is InChI=1S/C20H26ClN3O2/c21-15-2-4-18-14(11-15)1-3-16(22-18)12-23-8-7-19(20(26)13-23)24-9-5-17(25)6-10-24/h1-4,11,17,19-20,25-26H,5-10,12-13H2/t19-,20-/m1/s1. The fourth-order valence-electron chi connectivity index (χ4n) is 4.23. The number of aliphatic hydroxyl groups is 2. The molecule has 2 fully saturated rings. The average Bonchev–Trinajstić information content (AvgIpc) is 2.63. The lowest BCUT2D eigenvalue weighted by Crippen LogP contribution is -2.55. The average molecular weight is 376 g/mol.